The van der Waals surface area contributed by atoms with E-state index in [9.17, 15) is 0 Å². The van der Waals surface area contributed by atoms with Crippen LogP contribution in [0, 0.1) is 5.92 Å². The Morgan fingerprint density at radius 2 is 2.46 bits per heavy atom. The van der Waals surface area contributed by atoms with Crippen molar-refractivity contribution in [3.05, 3.63) is 0 Å². The lowest BCUT2D eigenvalue weighted by Gasteiger charge is -2.30. The third-order valence-corrected chi connectivity index (χ3v) is 2.65. The molecule has 1 fully saturated rings. The van der Waals surface area contributed by atoms with E-state index < -0.39 is 0 Å². The van der Waals surface area contributed by atoms with Crippen molar-refractivity contribution in [2.45, 2.75) is 25.9 Å². The van der Waals surface area contributed by atoms with Gasteiger partial charge in [0.15, 0.2) is 0 Å². The molecule has 2 N–H and O–H groups in total. The normalized spacial score (nSPS) is 25.8. The highest BCUT2D eigenvalue weighted by Crippen LogP contribution is 2.16. The molecular formula is C10H22N2O. The molecule has 0 aromatic heterocycles. The van der Waals surface area contributed by atoms with Crippen LogP contribution >= 0.6 is 0 Å². The number of hydrogen-bond donors (Lipinski definition) is 2. The Hall–Kier alpha value is -0.120. The van der Waals surface area contributed by atoms with Gasteiger partial charge in [0.05, 0.1) is 6.10 Å². The highest BCUT2D eigenvalue weighted by Gasteiger charge is 2.22. The molecule has 3 nitrogen and oxygen atoms in total. The van der Waals surface area contributed by atoms with Crippen LogP contribution in [-0.4, -0.2) is 39.4 Å². The topological polar surface area (TPSA) is 33.3 Å². The standard InChI is InChI=1S/C10H22N2O/c1-3-13-10(8-11-2)9-5-4-6-12-7-9/h9-12H,3-8H2,1-2H3. The highest BCUT2D eigenvalue weighted by atomic mass is 16.5. The zero-order valence-electron chi connectivity index (χ0n) is 8.81. The minimum Gasteiger partial charge on any atom is -0.377 e. The number of rotatable bonds is 5. The van der Waals surface area contributed by atoms with Crippen LogP contribution in [0.25, 0.3) is 0 Å². The second kappa shape index (κ2) is 6.35. The number of likely N-dealkylation sites (N-methyl/N-ethyl adjacent to an activating group) is 1. The maximum absolute atomic E-state index is 5.72. The Kier molecular flexibility index (Phi) is 5.35. The Labute approximate surface area is 81.2 Å². The smallest absolute Gasteiger partial charge is 0.0739 e. The summed E-state index contributed by atoms with van der Waals surface area (Å²) < 4.78 is 5.72. The number of ether oxygens (including phenoxy) is 1. The van der Waals surface area contributed by atoms with Gasteiger partial charge in [-0.3, -0.25) is 0 Å². The highest BCUT2D eigenvalue weighted by molar-refractivity contribution is 4.78. The molecular weight excluding hydrogens is 164 g/mol. The number of hydrogen-bond acceptors (Lipinski definition) is 3. The monoisotopic (exact) mass is 186 g/mol. The first-order valence-corrected chi connectivity index (χ1v) is 5.35. The Morgan fingerprint density at radius 1 is 1.62 bits per heavy atom. The van der Waals surface area contributed by atoms with Crippen LogP contribution < -0.4 is 10.6 Å². The summed E-state index contributed by atoms with van der Waals surface area (Å²) in [5.41, 5.74) is 0. The van der Waals surface area contributed by atoms with E-state index in [0.29, 0.717) is 12.0 Å². The Morgan fingerprint density at radius 3 is 3.00 bits per heavy atom. The van der Waals surface area contributed by atoms with Gasteiger partial charge in [0.1, 0.15) is 0 Å². The van der Waals surface area contributed by atoms with E-state index >= 15 is 0 Å². The molecule has 1 heterocycles. The van der Waals surface area contributed by atoms with E-state index in [0.717, 1.165) is 19.7 Å². The summed E-state index contributed by atoms with van der Waals surface area (Å²) in [6, 6.07) is 0. The van der Waals surface area contributed by atoms with Crippen molar-refractivity contribution in [3.8, 4) is 0 Å². The molecule has 1 aliphatic rings. The van der Waals surface area contributed by atoms with Gasteiger partial charge >= 0.3 is 0 Å². The van der Waals surface area contributed by atoms with Crippen molar-refractivity contribution in [3.63, 3.8) is 0 Å². The minimum atomic E-state index is 0.391. The van der Waals surface area contributed by atoms with Crippen LogP contribution in [0.2, 0.25) is 0 Å². The van der Waals surface area contributed by atoms with Crippen LogP contribution in [0.3, 0.4) is 0 Å². The predicted octanol–water partition coefficient (Wildman–Crippen LogP) is 0.610. The summed E-state index contributed by atoms with van der Waals surface area (Å²) in [6.07, 6.45) is 2.99. The van der Waals surface area contributed by atoms with Crippen LogP contribution in [-0.2, 0) is 4.74 Å². The summed E-state index contributed by atoms with van der Waals surface area (Å²) >= 11 is 0. The average Bonchev–Trinajstić information content (AvgIpc) is 2.19. The quantitative estimate of drug-likeness (QED) is 0.660. The van der Waals surface area contributed by atoms with Gasteiger partial charge in [-0.05, 0) is 39.3 Å². The molecule has 0 bridgehead atoms. The fraction of sp³-hybridized carbons (Fsp3) is 1.00. The molecule has 0 spiro atoms. The summed E-state index contributed by atoms with van der Waals surface area (Å²) in [7, 11) is 1.99. The molecule has 0 radical (unpaired) electrons. The van der Waals surface area contributed by atoms with E-state index in [1.54, 1.807) is 0 Å². The van der Waals surface area contributed by atoms with E-state index in [1.165, 1.54) is 19.4 Å². The Bertz CT molecular complexity index is 118. The van der Waals surface area contributed by atoms with E-state index in [4.69, 9.17) is 4.74 Å². The van der Waals surface area contributed by atoms with Gasteiger partial charge in [-0.2, -0.15) is 0 Å². The predicted molar refractivity (Wildman–Crippen MR) is 54.9 cm³/mol. The van der Waals surface area contributed by atoms with Gasteiger partial charge in [-0.25, -0.2) is 0 Å². The van der Waals surface area contributed by atoms with Crippen LogP contribution in [0.1, 0.15) is 19.8 Å². The number of nitrogens with one attached hydrogen (secondary N) is 2. The first-order valence-electron chi connectivity index (χ1n) is 5.35. The Balaban J connectivity index is 2.32. The van der Waals surface area contributed by atoms with Gasteiger partial charge in [0.2, 0.25) is 0 Å². The van der Waals surface area contributed by atoms with Crippen molar-refractivity contribution in [1.82, 2.24) is 10.6 Å². The zero-order chi connectivity index (χ0) is 9.52. The van der Waals surface area contributed by atoms with Gasteiger partial charge in [0, 0.05) is 19.7 Å². The second-order valence-electron chi connectivity index (χ2n) is 3.66. The second-order valence-corrected chi connectivity index (χ2v) is 3.66. The van der Waals surface area contributed by atoms with Crippen LogP contribution in [0.5, 0.6) is 0 Å². The first-order chi connectivity index (χ1) is 6.38. The van der Waals surface area contributed by atoms with Crippen molar-refractivity contribution < 1.29 is 4.74 Å². The fourth-order valence-electron chi connectivity index (χ4n) is 1.97. The summed E-state index contributed by atoms with van der Waals surface area (Å²) in [5.74, 6) is 0.696. The van der Waals surface area contributed by atoms with E-state index in [-0.39, 0.29) is 0 Å². The van der Waals surface area contributed by atoms with Crippen molar-refractivity contribution >= 4 is 0 Å². The molecule has 0 aromatic rings. The molecule has 0 aromatic carbocycles. The molecule has 78 valence electrons. The zero-order valence-corrected chi connectivity index (χ0v) is 8.81. The molecule has 1 rings (SSSR count). The van der Waals surface area contributed by atoms with Gasteiger partial charge in [-0.15, -0.1) is 0 Å². The average molecular weight is 186 g/mol. The summed E-state index contributed by atoms with van der Waals surface area (Å²) in [5, 5.41) is 6.62. The first kappa shape index (κ1) is 11.0. The molecule has 1 aliphatic heterocycles. The SMILES string of the molecule is CCOC(CNC)C1CCCNC1. The molecule has 2 atom stereocenters. The molecule has 2 unspecified atom stereocenters. The molecule has 13 heavy (non-hydrogen) atoms. The van der Waals surface area contributed by atoms with E-state index in [1.807, 2.05) is 7.05 Å². The third-order valence-electron chi connectivity index (χ3n) is 2.65. The van der Waals surface area contributed by atoms with Gasteiger partial charge < -0.3 is 15.4 Å². The molecule has 0 amide bonds. The molecule has 3 heteroatoms. The molecule has 0 aliphatic carbocycles. The lowest BCUT2D eigenvalue weighted by Crippen LogP contribution is -2.42. The van der Waals surface area contributed by atoms with Crippen molar-refractivity contribution in [1.29, 1.82) is 0 Å². The minimum absolute atomic E-state index is 0.391. The maximum Gasteiger partial charge on any atom is 0.0739 e. The van der Waals surface area contributed by atoms with Gasteiger partial charge in [-0.1, -0.05) is 0 Å². The van der Waals surface area contributed by atoms with Crippen LogP contribution in [0.15, 0.2) is 0 Å². The largest absolute Gasteiger partial charge is 0.377 e. The maximum atomic E-state index is 5.72. The van der Waals surface area contributed by atoms with Crippen LogP contribution in [0.4, 0.5) is 0 Å². The summed E-state index contributed by atoms with van der Waals surface area (Å²) in [4.78, 5) is 0. The number of piperidine rings is 1. The lowest BCUT2D eigenvalue weighted by molar-refractivity contribution is 0.0138. The summed E-state index contributed by atoms with van der Waals surface area (Å²) in [6.45, 7) is 6.16. The van der Waals surface area contributed by atoms with Gasteiger partial charge in [0.25, 0.3) is 0 Å². The molecule has 1 saturated heterocycles. The fourth-order valence-corrected chi connectivity index (χ4v) is 1.97. The van der Waals surface area contributed by atoms with E-state index in [2.05, 4.69) is 17.6 Å². The third kappa shape index (κ3) is 3.63. The van der Waals surface area contributed by atoms with Crippen molar-refractivity contribution in [2.75, 3.05) is 33.3 Å². The lowest BCUT2D eigenvalue weighted by atomic mass is 9.93. The van der Waals surface area contributed by atoms with Crippen molar-refractivity contribution in [2.24, 2.45) is 5.92 Å². The molecule has 0 saturated carbocycles.